The smallest absolute Gasteiger partial charge is 0.221 e. The third-order valence-corrected chi connectivity index (χ3v) is 4.06. The summed E-state index contributed by atoms with van der Waals surface area (Å²) in [6, 6.07) is 12.8. The summed E-state index contributed by atoms with van der Waals surface area (Å²) in [5.74, 6) is 1.73. The molecule has 134 valence electrons. The number of nitrogen functional groups attached to an aromatic ring is 1. The maximum absolute atomic E-state index is 6.08. The summed E-state index contributed by atoms with van der Waals surface area (Å²) in [5.41, 5.74) is 8.84. The number of halogens is 1. The van der Waals surface area contributed by atoms with Crippen LogP contribution in [0.5, 0.6) is 17.2 Å². The Morgan fingerprint density at radius 1 is 0.808 bits per heavy atom. The molecule has 0 amide bonds. The van der Waals surface area contributed by atoms with Gasteiger partial charge in [0, 0.05) is 16.1 Å². The molecule has 0 unspecified atom stereocenters. The fourth-order valence-corrected chi connectivity index (χ4v) is 2.83. The third kappa shape index (κ3) is 3.50. The lowest BCUT2D eigenvalue weighted by Crippen LogP contribution is -2.00. The molecular formula is C19H18ClN3O3. The second kappa shape index (κ2) is 7.49. The molecule has 3 rings (SSSR count). The number of nitrogens with two attached hydrogens (primary N) is 1. The van der Waals surface area contributed by atoms with Crippen LogP contribution in [0.4, 0.5) is 5.95 Å². The van der Waals surface area contributed by atoms with E-state index < -0.39 is 0 Å². The van der Waals surface area contributed by atoms with E-state index in [1.807, 2.05) is 36.4 Å². The van der Waals surface area contributed by atoms with E-state index in [1.165, 1.54) is 0 Å². The first-order valence-corrected chi connectivity index (χ1v) is 8.14. The molecule has 0 saturated heterocycles. The van der Waals surface area contributed by atoms with Gasteiger partial charge in [0.05, 0.1) is 32.7 Å². The van der Waals surface area contributed by atoms with E-state index in [4.69, 9.17) is 31.5 Å². The van der Waals surface area contributed by atoms with E-state index in [1.54, 1.807) is 27.4 Å². The van der Waals surface area contributed by atoms with E-state index in [9.17, 15) is 0 Å². The Balaban J connectivity index is 2.15. The fourth-order valence-electron chi connectivity index (χ4n) is 2.64. The molecule has 26 heavy (non-hydrogen) atoms. The van der Waals surface area contributed by atoms with Crippen LogP contribution < -0.4 is 19.9 Å². The van der Waals surface area contributed by atoms with Crippen molar-refractivity contribution in [3.8, 4) is 39.8 Å². The third-order valence-electron chi connectivity index (χ3n) is 3.82. The highest BCUT2D eigenvalue weighted by molar-refractivity contribution is 6.30. The molecule has 0 aliphatic carbocycles. The van der Waals surface area contributed by atoms with E-state index in [0.29, 0.717) is 33.7 Å². The van der Waals surface area contributed by atoms with Gasteiger partial charge in [-0.25, -0.2) is 9.97 Å². The lowest BCUT2D eigenvalue weighted by Gasteiger charge is -2.14. The molecular weight excluding hydrogens is 354 g/mol. The predicted octanol–water partition coefficient (Wildman–Crippen LogP) is 4.07. The molecule has 0 atom stereocenters. The van der Waals surface area contributed by atoms with Crippen molar-refractivity contribution in [1.82, 2.24) is 9.97 Å². The summed E-state index contributed by atoms with van der Waals surface area (Å²) in [4.78, 5) is 8.65. The van der Waals surface area contributed by atoms with Gasteiger partial charge in [0.2, 0.25) is 11.7 Å². The van der Waals surface area contributed by atoms with Gasteiger partial charge < -0.3 is 19.9 Å². The summed E-state index contributed by atoms with van der Waals surface area (Å²) in [6.07, 6.45) is 0. The van der Waals surface area contributed by atoms with Crippen LogP contribution >= 0.6 is 11.6 Å². The topological polar surface area (TPSA) is 79.5 Å². The highest BCUT2D eigenvalue weighted by Gasteiger charge is 2.16. The molecule has 3 aromatic rings. The zero-order valence-corrected chi connectivity index (χ0v) is 15.4. The van der Waals surface area contributed by atoms with Crippen LogP contribution in [0.3, 0.4) is 0 Å². The standard InChI is InChI=1S/C19H18ClN3O3/c1-24-16-8-12(9-17(25-2)18(16)26-3)15-10-14(22-19(21)23-15)11-5-4-6-13(20)7-11/h4-10H,1-3H3,(H2,21,22,23). The molecule has 1 heterocycles. The maximum Gasteiger partial charge on any atom is 0.221 e. The Hall–Kier alpha value is -2.99. The molecule has 1 aromatic heterocycles. The van der Waals surface area contributed by atoms with Crippen molar-refractivity contribution in [2.45, 2.75) is 0 Å². The number of rotatable bonds is 5. The van der Waals surface area contributed by atoms with E-state index in [0.717, 1.165) is 11.1 Å². The number of hydrogen-bond donors (Lipinski definition) is 1. The first-order valence-electron chi connectivity index (χ1n) is 7.76. The van der Waals surface area contributed by atoms with E-state index in [2.05, 4.69) is 9.97 Å². The van der Waals surface area contributed by atoms with Crippen LogP contribution in [0, 0.1) is 0 Å². The maximum atomic E-state index is 6.08. The lowest BCUT2D eigenvalue weighted by molar-refractivity contribution is 0.324. The van der Waals surface area contributed by atoms with Crippen LogP contribution in [0.15, 0.2) is 42.5 Å². The molecule has 0 radical (unpaired) electrons. The van der Waals surface area contributed by atoms with Gasteiger partial charge in [-0.15, -0.1) is 0 Å². The zero-order valence-electron chi connectivity index (χ0n) is 14.6. The average molecular weight is 372 g/mol. The Morgan fingerprint density at radius 3 is 1.96 bits per heavy atom. The zero-order chi connectivity index (χ0) is 18.7. The van der Waals surface area contributed by atoms with E-state index in [-0.39, 0.29) is 5.95 Å². The number of aromatic nitrogens is 2. The molecule has 6 nitrogen and oxygen atoms in total. The monoisotopic (exact) mass is 371 g/mol. The number of hydrogen-bond acceptors (Lipinski definition) is 6. The number of nitrogens with zero attached hydrogens (tertiary/aromatic N) is 2. The van der Waals surface area contributed by atoms with Gasteiger partial charge in [0.1, 0.15) is 0 Å². The summed E-state index contributed by atoms with van der Waals surface area (Å²) < 4.78 is 16.2. The quantitative estimate of drug-likeness (QED) is 0.728. The van der Waals surface area contributed by atoms with Crippen LogP contribution in [-0.2, 0) is 0 Å². The highest BCUT2D eigenvalue weighted by atomic mass is 35.5. The van der Waals surface area contributed by atoms with Crippen molar-refractivity contribution in [3.63, 3.8) is 0 Å². The van der Waals surface area contributed by atoms with Crippen LogP contribution in [0.2, 0.25) is 5.02 Å². The number of anilines is 1. The second-order valence-corrected chi connectivity index (χ2v) is 5.86. The minimum atomic E-state index is 0.159. The van der Waals surface area contributed by atoms with Gasteiger partial charge in [-0.05, 0) is 30.3 Å². The second-order valence-electron chi connectivity index (χ2n) is 5.42. The van der Waals surface area contributed by atoms with Crippen LogP contribution in [0.25, 0.3) is 22.5 Å². The normalized spacial score (nSPS) is 10.5. The lowest BCUT2D eigenvalue weighted by atomic mass is 10.1. The summed E-state index contributed by atoms with van der Waals surface area (Å²) in [6.45, 7) is 0. The molecule has 2 aromatic carbocycles. The van der Waals surface area contributed by atoms with Crippen LogP contribution in [0.1, 0.15) is 0 Å². The number of ether oxygens (including phenoxy) is 3. The van der Waals surface area contributed by atoms with E-state index >= 15 is 0 Å². The fraction of sp³-hybridized carbons (Fsp3) is 0.158. The molecule has 0 bridgehead atoms. The summed E-state index contributed by atoms with van der Waals surface area (Å²) in [7, 11) is 4.68. The average Bonchev–Trinajstić information content (AvgIpc) is 2.66. The molecule has 0 aliphatic heterocycles. The summed E-state index contributed by atoms with van der Waals surface area (Å²) >= 11 is 6.08. The molecule has 0 aliphatic rings. The SMILES string of the molecule is COc1cc(-c2cc(-c3cccc(Cl)c3)nc(N)n2)cc(OC)c1OC. The summed E-state index contributed by atoms with van der Waals surface area (Å²) in [5, 5.41) is 0.619. The van der Waals surface area contributed by atoms with Gasteiger partial charge in [0.15, 0.2) is 11.5 Å². The Labute approximate surface area is 156 Å². The largest absolute Gasteiger partial charge is 0.493 e. The first kappa shape index (κ1) is 17.8. The highest BCUT2D eigenvalue weighted by Crippen LogP contribution is 2.41. The molecule has 2 N–H and O–H groups in total. The van der Waals surface area contributed by atoms with Crippen molar-refractivity contribution in [3.05, 3.63) is 47.5 Å². The Kier molecular flexibility index (Phi) is 5.14. The van der Waals surface area contributed by atoms with Gasteiger partial charge >= 0.3 is 0 Å². The Morgan fingerprint density at radius 2 is 1.42 bits per heavy atom. The van der Waals surface area contributed by atoms with Gasteiger partial charge in [-0.3, -0.25) is 0 Å². The molecule has 0 spiro atoms. The van der Waals surface area contributed by atoms with Crippen molar-refractivity contribution in [2.24, 2.45) is 0 Å². The minimum absolute atomic E-state index is 0.159. The van der Waals surface area contributed by atoms with Crippen molar-refractivity contribution in [2.75, 3.05) is 27.1 Å². The van der Waals surface area contributed by atoms with Crippen LogP contribution in [-0.4, -0.2) is 31.3 Å². The minimum Gasteiger partial charge on any atom is -0.493 e. The van der Waals surface area contributed by atoms with Gasteiger partial charge in [-0.2, -0.15) is 0 Å². The van der Waals surface area contributed by atoms with Gasteiger partial charge in [-0.1, -0.05) is 23.7 Å². The first-order chi connectivity index (χ1) is 12.5. The molecule has 7 heteroatoms. The van der Waals surface area contributed by atoms with Crippen molar-refractivity contribution < 1.29 is 14.2 Å². The molecule has 0 saturated carbocycles. The number of benzene rings is 2. The predicted molar refractivity (Wildman–Crippen MR) is 102 cm³/mol. The van der Waals surface area contributed by atoms with Gasteiger partial charge in [0.25, 0.3) is 0 Å². The number of methoxy groups -OCH3 is 3. The molecule has 0 fully saturated rings. The van der Waals surface area contributed by atoms with Crippen molar-refractivity contribution in [1.29, 1.82) is 0 Å². The Bertz CT molecular complexity index is 922. The van der Waals surface area contributed by atoms with Crippen molar-refractivity contribution >= 4 is 17.5 Å².